The number of hydrogen-bond acceptors (Lipinski definition) is 8. The quantitative estimate of drug-likeness (QED) is 0.0786. The Bertz CT molecular complexity index is 881. The molecule has 3 N–H and O–H groups in total. The van der Waals surface area contributed by atoms with E-state index in [1.165, 1.54) is 64.0 Å². The van der Waals surface area contributed by atoms with Crippen LogP contribution in [0.5, 0.6) is 0 Å². The van der Waals surface area contributed by atoms with Crippen LogP contribution < -0.4 is 5.32 Å². The van der Waals surface area contributed by atoms with Crippen molar-refractivity contribution in [2.45, 2.75) is 177 Å². The maximum absolute atomic E-state index is 13.3. The van der Waals surface area contributed by atoms with E-state index in [0.29, 0.717) is 12.3 Å². The molecule has 2 aliphatic heterocycles. The van der Waals surface area contributed by atoms with E-state index in [1.54, 1.807) is 6.92 Å². The van der Waals surface area contributed by atoms with Crippen molar-refractivity contribution < 1.29 is 33.5 Å². The zero-order valence-corrected chi connectivity index (χ0v) is 30.2. The molecule has 45 heavy (non-hydrogen) atoms. The molecule has 0 aromatic carbocycles. The monoisotopic (exact) mass is 678 g/mol. The third-order valence-electron chi connectivity index (χ3n) is 9.45. The summed E-state index contributed by atoms with van der Waals surface area (Å²) in [5.41, 5.74) is -1.18. The van der Waals surface area contributed by atoms with Gasteiger partial charge in [0, 0.05) is 19.2 Å². The first kappa shape index (κ1) is 40.4. The van der Waals surface area contributed by atoms with E-state index in [4.69, 9.17) is 21.1 Å². The van der Waals surface area contributed by atoms with Crippen molar-refractivity contribution in [1.29, 1.82) is 0 Å². The van der Waals surface area contributed by atoms with E-state index in [0.717, 1.165) is 45.1 Å². The summed E-state index contributed by atoms with van der Waals surface area (Å²) in [6.07, 6.45) is 14.5. The van der Waals surface area contributed by atoms with Crippen LogP contribution in [0.1, 0.15) is 130 Å². The van der Waals surface area contributed by atoms with Crippen LogP contribution in [0.3, 0.4) is 0 Å². The topological polar surface area (TPSA) is 125 Å². The highest BCUT2D eigenvalue weighted by Crippen LogP contribution is 2.31. The molecule has 0 aromatic heterocycles. The lowest BCUT2D eigenvalue weighted by Crippen LogP contribution is -2.66. The Kier molecular flexibility index (Phi) is 19.7. The highest BCUT2D eigenvalue weighted by molar-refractivity contribution is 7.84. The molecule has 0 saturated carbocycles. The van der Waals surface area contributed by atoms with Crippen LogP contribution in [0.4, 0.5) is 0 Å². The van der Waals surface area contributed by atoms with Crippen LogP contribution in [-0.2, 0) is 29.9 Å². The summed E-state index contributed by atoms with van der Waals surface area (Å²) < 4.78 is 24.3. The number of aliphatic hydroxyl groups excluding tert-OH is 2. The summed E-state index contributed by atoms with van der Waals surface area (Å²) in [7, 11) is 0.255. The third-order valence-corrected chi connectivity index (χ3v) is 10.8. The van der Waals surface area contributed by atoms with Gasteiger partial charge in [-0.25, -0.2) is 0 Å². The summed E-state index contributed by atoms with van der Waals surface area (Å²) in [4.78, 5) is 28.0. The predicted molar refractivity (Wildman–Crippen MR) is 182 cm³/mol. The number of nitrogens with zero attached hydrogens (tertiary/aromatic N) is 1. The molecule has 2 fully saturated rings. The predicted octanol–water partition coefficient (Wildman–Crippen LogP) is 5.44. The maximum Gasteiger partial charge on any atom is 0.306 e. The van der Waals surface area contributed by atoms with Gasteiger partial charge in [-0.15, -0.1) is 11.6 Å². The third kappa shape index (κ3) is 13.7. The molecule has 0 spiro atoms. The van der Waals surface area contributed by atoms with E-state index in [9.17, 15) is 24.0 Å². The first-order valence-corrected chi connectivity index (χ1v) is 19.7. The number of likely N-dealkylation sites (N-methyl/N-ethyl adjacent to an activating group) is 1. The molecule has 264 valence electrons. The van der Waals surface area contributed by atoms with Gasteiger partial charge < -0.3 is 25.0 Å². The Morgan fingerprint density at radius 2 is 1.51 bits per heavy atom. The molecule has 1 amide bonds. The first-order chi connectivity index (χ1) is 21.5. The smallest absolute Gasteiger partial charge is 0.306 e. The lowest BCUT2D eigenvalue weighted by Gasteiger charge is -2.45. The van der Waals surface area contributed by atoms with Crippen molar-refractivity contribution in [3.05, 3.63) is 0 Å². The van der Waals surface area contributed by atoms with E-state index in [2.05, 4.69) is 19.2 Å². The van der Waals surface area contributed by atoms with Gasteiger partial charge in [0.05, 0.1) is 28.3 Å². The molecular weight excluding hydrogens is 616 g/mol. The first-order valence-electron chi connectivity index (χ1n) is 17.7. The number of aliphatic hydroxyl groups is 2. The Morgan fingerprint density at radius 1 is 0.956 bits per heavy atom. The standard InChI is InChI=1S/C34H63ClN2O7S/c1-6-8-9-10-11-12-13-14-15-16-17-18-19-21-27(38)43-32-30(40)29(39)31(44-34(32)45(5)42)28(24(3)35)36-33(41)26-22-25(20-7-2)23-37(26)4/h24-26,28-32,34,39-40H,6-23H2,1-5H3,(H,36,41)/t24?,25-,26+,28-,29-,30+,31-,32-,34-,45?/m1/s1. The number of rotatable bonds is 22. The molecule has 2 rings (SSSR count). The molecule has 0 bridgehead atoms. The fourth-order valence-corrected chi connectivity index (χ4v) is 7.88. The minimum Gasteiger partial charge on any atom is -0.456 e. The van der Waals surface area contributed by atoms with Gasteiger partial charge in [-0.3, -0.25) is 18.7 Å². The van der Waals surface area contributed by atoms with Gasteiger partial charge in [-0.1, -0.05) is 97.3 Å². The maximum atomic E-state index is 13.3. The van der Waals surface area contributed by atoms with Gasteiger partial charge in [0.1, 0.15) is 18.3 Å². The van der Waals surface area contributed by atoms with Crippen molar-refractivity contribution in [1.82, 2.24) is 10.2 Å². The Balaban J connectivity index is 1.82. The number of hydrogen-bond donors (Lipinski definition) is 3. The summed E-state index contributed by atoms with van der Waals surface area (Å²) in [6, 6.07) is -1.20. The highest BCUT2D eigenvalue weighted by atomic mass is 35.5. The molecule has 0 aromatic rings. The summed E-state index contributed by atoms with van der Waals surface area (Å²) in [5, 5.41) is 24.4. The lowest BCUT2D eigenvalue weighted by molar-refractivity contribution is -0.219. The number of nitrogens with one attached hydrogen (secondary N) is 1. The van der Waals surface area contributed by atoms with Crippen LogP contribution in [0, 0.1) is 5.92 Å². The average molecular weight is 679 g/mol. The number of halogens is 1. The van der Waals surface area contributed by atoms with Crippen LogP contribution >= 0.6 is 11.6 Å². The number of ether oxygens (including phenoxy) is 2. The molecule has 0 aliphatic carbocycles. The normalized spacial score (nSPS) is 29.3. The second kappa shape index (κ2) is 22.0. The average Bonchev–Trinajstić information content (AvgIpc) is 3.36. The molecule has 0 radical (unpaired) electrons. The zero-order valence-electron chi connectivity index (χ0n) is 28.6. The fourth-order valence-electron chi connectivity index (χ4n) is 6.80. The minimum atomic E-state index is -1.66. The molecule has 2 heterocycles. The minimum absolute atomic E-state index is 0.175. The zero-order chi connectivity index (χ0) is 33.4. The number of carbonyl (C=O) groups is 2. The second-order valence-electron chi connectivity index (χ2n) is 13.5. The van der Waals surface area contributed by atoms with Gasteiger partial charge in [0.25, 0.3) is 0 Å². The molecular formula is C34H63ClN2O7S. The van der Waals surface area contributed by atoms with Gasteiger partial charge >= 0.3 is 5.97 Å². The van der Waals surface area contributed by atoms with Gasteiger partial charge in [-0.05, 0) is 39.2 Å². The van der Waals surface area contributed by atoms with Crippen molar-refractivity contribution in [3.8, 4) is 0 Å². The van der Waals surface area contributed by atoms with Crippen molar-refractivity contribution >= 4 is 34.3 Å². The highest BCUT2D eigenvalue weighted by Gasteiger charge is 2.52. The van der Waals surface area contributed by atoms with E-state index in [1.807, 2.05) is 11.9 Å². The van der Waals surface area contributed by atoms with Crippen molar-refractivity contribution in [2.75, 3.05) is 19.8 Å². The second-order valence-corrected chi connectivity index (χ2v) is 15.6. The molecule has 2 unspecified atom stereocenters. The van der Waals surface area contributed by atoms with Crippen molar-refractivity contribution in [2.24, 2.45) is 5.92 Å². The van der Waals surface area contributed by atoms with Gasteiger partial charge in [0.2, 0.25) is 5.91 Å². The molecule has 10 atom stereocenters. The Morgan fingerprint density at radius 3 is 2.02 bits per heavy atom. The number of alkyl halides is 1. The number of carbonyl (C=O) groups excluding carboxylic acids is 2. The van der Waals surface area contributed by atoms with E-state index in [-0.39, 0.29) is 18.4 Å². The fraction of sp³-hybridized carbons (Fsp3) is 0.941. The van der Waals surface area contributed by atoms with Crippen LogP contribution in [-0.4, -0.2) is 98.4 Å². The molecule has 9 nitrogen and oxygen atoms in total. The molecule has 11 heteroatoms. The number of likely N-dealkylation sites (tertiary alicyclic amines) is 1. The van der Waals surface area contributed by atoms with E-state index >= 15 is 0 Å². The number of unbranched alkanes of at least 4 members (excludes halogenated alkanes) is 12. The molecule has 2 aliphatic rings. The summed E-state index contributed by atoms with van der Waals surface area (Å²) in [6.45, 7) is 6.87. The summed E-state index contributed by atoms with van der Waals surface area (Å²) >= 11 is 6.49. The van der Waals surface area contributed by atoms with Gasteiger partial charge in [0.15, 0.2) is 11.5 Å². The summed E-state index contributed by atoms with van der Waals surface area (Å²) in [5.74, 6) is -0.310. The number of esters is 1. The lowest BCUT2D eigenvalue weighted by atomic mass is 9.92. The number of amides is 1. The van der Waals surface area contributed by atoms with Crippen LogP contribution in [0.15, 0.2) is 0 Å². The molecule has 2 saturated heterocycles. The van der Waals surface area contributed by atoms with Gasteiger partial charge in [-0.2, -0.15) is 0 Å². The van der Waals surface area contributed by atoms with Crippen LogP contribution in [0.2, 0.25) is 0 Å². The van der Waals surface area contributed by atoms with E-state index < -0.39 is 58.0 Å². The van der Waals surface area contributed by atoms with Crippen molar-refractivity contribution in [3.63, 3.8) is 0 Å². The largest absolute Gasteiger partial charge is 0.456 e. The van der Waals surface area contributed by atoms with Crippen LogP contribution in [0.25, 0.3) is 0 Å². The Labute approximate surface area is 280 Å². The Hall–Kier alpha value is -0.780. The SMILES string of the molecule is CCCCCCCCCCCCCCCC(=O)O[C@@H]1[C@@H](O)[C@@H](O)[C@@H]([C@H](NC(=O)[C@@H]2C[C@@H](CCC)CN2C)C(C)Cl)O[C@@H]1S(C)=O.